The molecule has 4 rings (SSSR count). The lowest BCUT2D eigenvalue weighted by atomic mass is 10.1. The molecule has 1 amide bonds. The largest absolute Gasteiger partial charge is 0.454 e. The van der Waals surface area contributed by atoms with Crippen LogP contribution in [0.5, 0.6) is 11.5 Å². The molecule has 2 aliphatic rings. The van der Waals surface area contributed by atoms with Gasteiger partial charge in [0.15, 0.2) is 11.5 Å². The summed E-state index contributed by atoms with van der Waals surface area (Å²) in [4.78, 5) is 21.4. The standard InChI is InChI=1S/C22H28N4O3/c1-16(2)12-24-22(27)18-4-6-21(23-13-18)26-9-7-25(8-10-26)14-17-3-5-19-20(11-17)29-15-28-19/h3-6,11,13,16H,7-10,12,14-15H2,1-2H3,(H,24,27). The summed E-state index contributed by atoms with van der Waals surface area (Å²) in [6.07, 6.45) is 1.67. The second-order valence-corrected chi connectivity index (χ2v) is 7.96. The summed E-state index contributed by atoms with van der Waals surface area (Å²) >= 11 is 0. The van der Waals surface area contributed by atoms with Gasteiger partial charge in [-0.2, -0.15) is 0 Å². The fraction of sp³-hybridized carbons (Fsp3) is 0.455. The Balaban J connectivity index is 1.28. The monoisotopic (exact) mass is 396 g/mol. The minimum absolute atomic E-state index is 0.0636. The van der Waals surface area contributed by atoms with Crippen LogP contribution < -0.4 is 19.7 Å². The first kappa shape index (κ1) is 19.5. The van der Waals surface area contributed by atoms with Crippen molar-refractivity contribution in [2.75, 3.05) is 44.4 Å². The van der Waals surface area contributed by atoms with E-state index in [1.165, 1.54) is 5.56 Å². The number of benzene rings is 1. The quantitative estimate of drug-likeness (QED) is 0.809. The minimum atomic E-state index is -0.0636. The average Bonchev–Trinajstić information content (AvgIpc) is 3.20. The maximum atomic E-state index is 12.1. The highest BCUT2D eigenvalue weighted by molar-refractivity contribution is 5.94. The summed E-state index contributed by atoms with van der Waals surface area (Å²) < 4.78 is 10.8. The van der Waals surface area contributed by atoms with E-state index in [1.54, 1.807) is 6.20 Å². The lowest BCUT2D eigenvalue weighted by Gasteiger charge is -2.35. The van der Waals surface area contributed by atoms with Gasteiger partial charge in [0, 0.05) is 45.5 Å². The van der Waals surface area contributed by atoms with E-state index >= 15 is 0 Å². The van der Waals surface area contributed by atoms with Gasteiger partial charge in [-0.25, -0.2) is 4.98 Å². The third kappa shape index (κ3) is 4.79. The van der Waals surface area contributed by atoms with Gasteiger partial charge < -0.3 is 19.7 Å². The molecule has 1 aromatic carbocycles. The molecule has 0 saturated carbocycles. The second kappa shape index (κ2) is 8.69. The molecule has 0 spiro atoms. The van der Waals surface area contributed by atoms with Gasteiger partial charge >= 0.3 is 0 Å². The number of carbonyl (C=O) groups excluding carboxylic acids is 1. The summed E-state index contributed by atoms with van der Waals surface area (Å²) in [7, 11) is 0. The predicted octanol–water partition coefficient (Wildman–Crippen LogP) is 2.52. The SMILES string of the molecule is CC(C)CNC(=O)c1ccc(N2CCN(Cc3ccc4c(c3)OCO4)CC2)nc1. The summed E-state index contributed by atoms with van der Waals surface area (Å²) in [5, 5.41) is 2.93. The van der Waals surface area contributed by atoms with E-state index in [0.29, 0.717) is 24.8 Å². The number of anilines is 1. The van der Waals surface area contributed by atoms with Crippen molar-refractivity contribution in [3.05, 3.63) is 47.7 Å². The molecule has 0 radical (unpaired) electrons. The van der Waals surface area contributed by atoms with Crippen molar-refractivity contribution >= 4 is 11.7 Å². The Labute approximate surface area is 171 Å². The Bertz CT molecular complexity index is 846. The number of nitrogens with one attached hydrogen (secondary N) is 1. The third-order valence-electron chi connectivity index (χ3n) is 5.22. The van der Waals surface area contributed by atoms with Crippen LogP contribution in [0.3, 0.4) is 0 Å². The highest BCUT2D eigenvalue weighted by Gasteiger charge is 2.20. The maximum absolute atomic E-state index is 12.1. The zero-order valence-electron chi connectivity index (χ0n) is 17.1. The van der Waals surface area contributed by atoms with Crippen LogP contribution in [0.4, 0.5) is 5.82 Å². The zero-order valence-corrected chi connectivity index (χ0v) is 17.1. The molecule has 1 N–H and O–H groups in total. The smallest absolute Gasteiger partial charge is 0.252 e. The van der Waals surface area contributed by atoms with Crippen LogP contribution in [0.1, 0.15) is 29.8 Å². The number of amides is 1. The molecule has 0 atom stereocenters. The second-order valence-electron chi connectivity index (χ2n) is 7.96. The number of nitrogens with zero attached hydrogens (tertiary/aromatic N) is 3. The summed E-state index contributed by atoms with van der Waals surface area (Å²) in [6.45, 7) is 9.79. The Morgan fingerprint density at radius 1 is 1.10 bits per heavy atom. The van der Waals surface area contributed by atoms with E-state index in [0.717, 1.165) is 50.0 Å². The first-order valence-electron chi connectivity index (χ1n) is 10.2. The molecule has 0 bridgehead atoms. The first-order chi connectivity index (χ1) is 14.1. The molecule has 1 aromatic heterocycles. The van der Waals surface area contributed by atoms with Crippen molar-refractivity contribution in [3.63, 3.8) is 0 Å². The van der Waals surface area contributed by atoms with Crippen molar-refractivity contribution in [1.29, 1.82) is 0 Å². The van der Waals surface area contributed by atoms with Gasteiger partial charge in [-0.15, -0.1) is 0 Å². The molecule has 3 heterocycles. The first-order valence-corrected chi connectivity index (χ1v) is 10.2. The van der Waals surface area contributed by atoms with E-state index in [1.807, 2.05) is 18.2 Å². The Morgan fingerprint density at radius 3 is 2.62 bits per heavy atom. The number of hydrogen-bond donors (Lipinski definition) is 1. The summed E-state index contributed by atoms with van der Waals surface area (Å²) in [5.41, 5.74) is 1.84. The Morgan fingerprint density at radius 2 is 1.90 bits per heavy atom. The number of fused-ring (bicyclic) bond motifs is 1. The number of aromatic nitrogens is 1. The molecule has 1 saturated heterocycles. The Kier molecular flexibility index (Phi) is 5.85. The molecule has 1 fully saturated rings. The fourth-order valence-electron chi connectivity index (χ4n) is 3.54. The van der Waals surface area contributed by atoms with Gasteiger partial charge in [0.2, 0.25) is 6.79 Å². The van der Waals surface area contributed by atoms with Crippen LogP contribution in [-0.4, -0.2) is 55.3 Å². The zero-order chi connectivity index (χ0) is 20.2. The van der Waals surface area contributed by atoms with E-state index in [2.05, 4.69) is 46.1 Å². The van der Waals surface area contributed by atoms with Crippen LogP contribution in [0.2, 0.25) is 0 Å². The molecule has 7 nitrogen and oxygen atoms in total. The number of carbonyl (C=O) groups is 1. The summed E-state index contributed by atoms with van der Waals surface area (Å²) in [6, 6.07) is 9.95. The van der Waals surface area contributed by atoms with Gasteiger partial charge in [0.25, 0.3) is 5.91 Å². The lowest BCUT2D eigenvalue weighted by Crippen LogP contribution is -2.46. The molecular formula is C22H28N4O3. The van der Waals surface area contributed by atoms with Crippen LogP contribution >= 0.6 is 0 Å². The van der Waals surface area contributed by atoms with E-state index in [4.69, 9.17) is 9.47 Å². The van der Waals surface area contributed by atoms with Crippen molar-refractivity contribution in [1.82, 2.24) is 15.2 Å². The molecule has 2 aliphatic heterocycles. The maximum Gasteiger partial charge on any atom is 0.252 e. The summed E-state index contributed by atoms with van der Waals surface area (Å²) in [5.74, 6) is 2.95. The normalized spacial score (nSPS) is 16.3. The van der Waals surface area contributed by atoms with Gasteiger partial charge in [0.05, 0.1) is 5.56 Å². The lowest BCUT2D eigenvalue weighted by molar-refractivity contribution is 0.0948. The van der Waals surface area contributed by atoms with Crippen LogP contribution in [0.25, 0.3) is 0 Å². The van der Waals surface area contributed by atoms with E-state index in [9.17, 15) is 4.79 Å². The topological polar surface area (TPSA) is 66.9 Å². The highest BCUT2D eigenvalue weighted by atomic mass is 16.7. The Hall–Kier alpha value is -2.80. The van der Waals surface area contributed by atoms with Crippen LogP contribution in [0, 0.1) is 5.92 Å². The molecule has 2 aromatic rings. The van der Waals surface area contributed by atoms with Crippen molar-refractivity contribution in [2.24, 2.45) is 5.92 Å². The number of piperazine rings is 1. The van der Waals surface area contributed by atoms with Crippen molar-refractivity contribution in [2.45, 2.75) is 20.4 Å². The number of hydrogen-bond acceptors (Lipinski definition) is 6. The van der Waals surface area contributed by atoms with Gasteiger partial charge in [-0.05, 0) is 35.7 Å². The van der Waals surface area contributed by atoms with Crippen LogP contribution in [-0.2, 0) is 6.54 Å². The van der Waals surface area contributed by atoms with Crippen molar-refractivity contribution in [3.8, 4) is 11.5 Å². The fourth-order valence-corrected chi connectivity index (χ4v) is 3.54. The third-order valence-corrected chi connectivity index (χ3v) is 5.22. The predicted molar refractivity (Wildman–Crippen MR) is 111 cm³/mol. The number of pyridine rings is 1. The van der Waals surface area contributed by atoms with Gasteiger partial charge in [-0.1, -0.05) is 19.9 Å². The molecule has 7 heteroatoms. The van der Waals surface area contributed by atoms with Crippen molar-refractivity contribution < 1.29 is 14.3 Å². The minimum Gasteiger partial charge on any atom is -0.454 e. The van der Waals surface area contributed by atoms with Gasteiger partial charge in [0.1, 0.15) is 5.82 Å². The highest BCUT2D eigenvalue weighted by Crippen LogP contribution is 2.32. The molecule has 154 valence electrons. The molecule has 0 aliphatic carbocycles. The van der Waals surface area contributed by atoms with E-state index in [-0.39, 0.29) is 5.91 Å². The number of ether oxygens (including phenoxy) is 2. The van der Waals surface area contributed by atoms with Gasteiger partial charge in [-0.3, -0.25) is 9.69 Å². The number of rotatable bonds is 6. The van der Waals surface area contributed by atoms with Crippen LogP contribution in [0.15, 0.2) is 36.5 Å². The molecular weight excluding hydrogens is 368 g/mol. The molecule has 0 unspecified atom stereocenters. The van der Waals surface area contributed by atoms with E-state index < -0.39 is 0 Å². The average molecular weight is 396 g/mol. The molecule has 29 heavy (non-hydrogen) atoms.